The molecule has 0 atom stereocenters. The monoisotopic (exact) mass is 138 g/mol. The third kappa shape index (κ3) is 1.59. The van der Waals surface area contributed by atoms with Crippen LogP contribution in [0.25, 0.3) is 0 Å². The van der Waals surface area contributed by atoms with E-state index in [0.717, 1.165) is 13.1 Å². The van der Waals surface area contributed by atoms with Gasteiger partial charge in [0.25, 0.3) is 0 Å². The highest BCUT2D eigenvalue weighted by atomic mass is 35.5. The summed E-state index contributed by atoms with van der Waals surface area (Å²) in [6.07, 6.45) is 0.394. The van der Waals surface area contributed by atoms with Gasteiger partial charge in [0.05, 0.1) is 6.10 Å². The van der Waals surface area contributed by atoms with Crippen LogP contribution in [-0.2, 0) is 4.74 Å². The number of nitrogens with two attached hydrogens (primary N) is 1. The van der Waals surface area contributed by atoms with Crippen molar-refractivity contribution in [1.82, 2.24) is 5.01 Å². The molecule has 2 N–H and O–H groups in total. The van der Waals surface area contributed by atoms with Crippen LogP contribution in [0, 0.1) is 0 Å². The molecule has 3 nitrogen and oxygen atoms in total. The van der Waals surface area contributed by atoms with Gasteiger partial charge in [0.15, 0.2) is 0 Å². The van der Waals surface area contributed by atoms with E-state index in [9.17, 15) is 0 Å². The molecule has 1 aliphatic heterocycles. The smallest absolute Gasteiger partial charge is 0.0852 e. The summed E-state index contributed by atoms with van der Waals surface area (Å²) in [5.41, 5.74) is 0. The van der Waals surface area contributed by atoms with Crippen molar-refractivity contribution in [2.75, 3.05) is 20.2 Å². The molecule has 4 heteroatoms. The Kier molecular flexibility index (Phi) is 3.31. The van der Waals surface area contributed by atoms with E-state index in [1.807, 2.05) is 0 Å². The molecule has 1 saturated heterocycles. The van der Waals surface area contributed by atoms with Crippen LogP contribution in [0.3, 0.4) is 0 Å². The van der Waals surface area contributed by atoms with E-state index in [2.05, 4.69) is 0 Å². The number of ether oxygens (including phenoxy) is 1. The lowest BCUT2D eigenvalue weighted by Crippen LogP contribution is -2.55. The van der Waals surface area contributed by atoms with Gasteiger partial charge >= 0.3 is 0 Å². The lowest BCUT2D eigenvalue weighted by molar-refractivity contribution is -0.0297. The number of hydrogen-bond acceptors (Lipinski definition) is 3. The molecule has 0 amide bonds. The van der Waals surface area contributed by atoms with E-state index < -0.39 is 0 Å². The third-order valence-corrected chi connectivity index (χ3v) is 1.21. The average Bonchev–Trinajstić information content (AvgIpc) is 1.58. The fraction of sp³-hybridized carbons (Fsp3) is 1.00. The molecule has 0 spiro atoms. The Morgan fingerprint density at radius 1 is 1.62 bits per heavy atom. The van der Waals surface area contributed by atoms with Crippen molar-refractivity contribution in [3.63, 3.8) is 0 Å². The van der Waals surface area contributed by atoms with Crippen molar-refractivity contribution >= 4 is 12.4 Å². The summed E-state index contributed by atoms with van der Waals surface area (Å²) in [7, 11) is 1.71. The number of hydrogen-bond donors (Lipinski definition) is 1. The molecule has 8 heavy (non-hydrogen) atoms. The first-order valence-electron chi connectivity index (χ1n) is 2.35. The summed E-state index contributed by atoms with van der Waals surface area (Å²) in [4.78, 5) is 0. The van der Waals surface area contributed by atoms with E-state index in [4.69, 9.17) is 10.6 Å². The maximum absolute atomic E-state index is 5.30. The number of methoxy groups -OCH3 is 1. The second kappa shape index (κ2) is 3.25. The van der Waals surface area contributed by atoms with E-state index in [0.29, 0.717) is 6.10 Å². The molecule has 0 aliphatic carbocycles. The second-order valence-electron chi connectivity index (χ2n) is 1.81. The molecule has 50 valence electrons. The predicted molar refractivity (Wildman–Crippen MR) is 33.8 cm³/mol. The first-order chi connectivity index (χ1) is 3.33. The van der Waals surface area contributed by atoms with Crippen molar-refractivity contribution in [1.29, 1.82) is 0 Å². The lowest BCUT2D eigenvalue weighted by atomic mass is 10.2. The summed E-state index contributed by atoms with van der Waals surface area (Å²) in [6.45, 7) is 1.77. The fourth-order valence-corrected chi connectivity index (χ4v) is 0.619. The Labute approximate surface area is 55.2 Å². The minimum atomic E-state index is 0. The van der Waals surface area contributed by atoms with Gasteiger partial charge in [0, 0.05) is 20.2 Å². The predicted octanol–water partition coefficient (Wildman–Crippen LogP) is -0.387. The molecule has 1 rings (SSSR count). The fourth-order valence-electron chi connectivity index (χ4n) is 0.619. The Bertz CT molecular complexity index is 65.1. The lowest BCUT2D eigenvalue weighted by Gasteiger charge is -2.33. The molecule has 1 aliphatic rings. The molecule has 1 heterocycles. The zero-order valence-corrected chi connectivity index (χ0v) is 5.65. The topological polar surface area (TPSA) is 38.5 Å². The van der Waals surface area contributed by atoms with Gasteiger partial charge in [-0.1, -0.05) is 0 Å². The Balaban J connectivity index is 0.000000490. The van der Waals surface area contributed by atoms with Gasteiger partial charge in [-0.3, -0.25) is 5.84 Å². The maximum Gasteiger partial charge on any atom is 0.0852 e. The van der Waals surface area contributed by atoms with E-state index in [1.54, 1.807) is 12.1 Å². The first-order valence-corrected chi connectivity index (χ1v) is 2.35. The van der Waals surface area contributed by atoms with Crippen molar-refractivity contribution < 1.29 is 4.74 Å². The molecule has 0 radical (unpaired) electrons. The van der Waals surface area contributed by atoms with Crippen LogP contribution in [0.4, 0.5) is 0 Å². The van der Waals surface area contributed by atoms with Gasteiger partial charge < -0.3 is 4.74 Å². The summed E-state index contributed by atoms with van der Waals surface area (Å²) >= 11 is 0. The summed E-state index contributed by atoms with van der Waals surface area (Å²) in [5, 5.41) is 1.73. The quantitative estimate of drug-likeness (QED) is 0.502. The Hall–Kier alpha value is 0.170. The van der Waals surface area contributed by atoms with Gasteiger partial charge in [-0.15, -0.1) is 12.4 Å². The minimum Gasteiger partial charge on any atom is -0.379 e. The van der Waals surface area contributed by atoms with Crippen molar-refractivity contribution in [3.05, 3.63) is 0 Å². The zero-order chi connectivity index (χ0) is 5.28. The largest absolute Gasteiger partial charge is 0.379 e. The second-order valence-corrected chi connectivity index (χ2v) is 1.81. The SMILES string of the molecule is COC1CN(N)C1.Cl. The van der Waals surface area contributed by atoms with Crippen molar-refractivity contribution in [2.45, 2.75) is 6.10 Å². The van der Waals surface area contributed by atoms with E-state index >= 15 is 0 Å². The Morgan fingerprint density at radius 2 is 2.12 bits per heavy atom. The van der Waals surface area contributed by atoms with Crippen LogP contribution in [-0.4, -0.2) is 31.3 Å². The summed E-state index contributed by atoms with van der Waals surface area (Å²) < 4.78 is 4.93. The van der Waals surface area contributed by atoms with Crippen LogP contribution in [0.2, 0.25) is 0 Å². The molecular formula is C4H11ClN2O. The van der Waals surface area contributed by atoms with Crippen LogP contribution < -0.4 is 5.84 Å². The zero-order valence-electron chi connectivity index (χ0n) is 4.83. The summed E-state index contributed by atoms with van der Waals surface area (Å²) in [5.74, 6) is 5.30. The highest BCUT2D eigenvalue weighted by molar-refractivity contribution is 5.85. The van der Waals surface area contributed by atoms with Gasteiger partial charge in [-0.05, 0) is 0 Å². The first kappa shape index (κ1) is 8.17. The summed E-state index contributed by atoms with van der Waals surface area (Å²) in [6, 6.07) is 0. The molecule has 0 aromatic rings. The molecule has 0 saturated carbocycles. The average molecular weight is 139 g/mol. The molecule has 0 unspecified atom stereocenters. The van der Waals surface area contributed by atoms with Crippen LogP contribution in [0.1, 0.15) is 0 Å². The van der Waals surface area contributed by atoms with Gasteiger partial charge in [0.2, 0.25) is 0 Å². The minimum absolute atomic E-state index is 0. The van der Waals surface area contributed by atoms with Crippen LogP contribution >= 0.6 is 12.4 Å². The van der Waals surface area contributed by atoms with Gasteiger partial charge in [-0.2, -0.15) is 0 Å². The van der Waals surface area contributed by atoms with Gasteiger partial charge in [0.1, 0.15) is 0 Å². The highest BCUT2D eigenvalue weighted by Gasteiger charge is 2.22. The molecule has 0 bridgehead atoms. The molecule has 1 fully saturated rings. The number of hydrazine groups is 1. The van der Waals surface area contributed by atoms with Crippen LogP contribution in [0.15, 0.2) is 0 Å². The standard InChI is InChI=1S/C4H10N2O.ClH/c1-7-4-2-6(5)3-4;/h4H,2-3,5H2,1H3;1H. The number of nitrogens with zero attached hydrogens (tertiary/aromatic N) is 1. The Morgan fingerprint density at radius 3 is 2.25 bits per heavy atom. The van der Waals surface area contributed by atoms with Crippen LogP contribution in [0.5, 0.6) is 0 Å². The van der Waals surface area contributed by atoms with Gasteiger partial charge in [-0.25, -0.2) is 5.01 Å². The molecule has 0 aromatic heterocycles. The third-order valence-electron chi connectivity index (χ3n) is 1.21. The normalized spacial score (nSPS) is 21.8. The maximum atomic E-state index is 5.30. The molecular weight excluding hydrogens is 128 g/mol. The van der Waals surface area contributed by atoms with Crippen molar-refractivity contribution in [2.24, 2.45) is 5.84 Å². The van der Waals surface area contributed by atoms with E-state index in [-0.39, 0.29) is 12.4 Å². The number of halogens is 1. The van der Waals surface area contributed by atoms with E-state index in [1.165, 1.54) is 0 Å². The number of rotatable bonds is 1. The highest BCUT2D eigenvalue weighted by Crippen LogP contribution is 2.03. The van der Waals surface area contributed by atoms with Crippen molar-refractivity contribution in [3.8, 4) is 0 Å². The molecule has 0 aromatic carbocycles.